The van der Waals surface area contributed by atoms with Gasteiger partial charge in [-0.05, 0) is 34.3 Å². The van der Waals surface area contributed by atoms with Crippen molar-refractivity contribution in [3.63, 3.8) is 0 Å². The number of nitrogens with zero attached hydrogens (tertiary/aromatic N) is 2. The Morgan fingerprint density at radius 1 is 1.38 bits per heavy atom. The molecule has 118 valence electrons. The quantitative estimate of drug-likeness (QED) is 0.494. The number of halogens is 1. The lowest BCUT2D eigenvalue weighted by Gasteiger charge is -2.30. The lowest BCUT2D eigenvalue weighted by molar-refractivity contribution is -0.385. The molecular formula is C15H23BrN2O3. The molecule has 0 radical (unpaired) electrons. The minimum Gasteiger partial charge on any atom is -0.383 e. The lowest BCUT2D eigenvalue weighted by atomic mass is 10.1. The van der Waals surface area contributed by atoms with Gasteiger partial charge < -0.3 is 4.74 Å². The molecule has 0 saturated heterocycles. The molecular weight excluding hydrogens is 336 g/mol. The first-order valence-corrected chi connectivity index (χ1v) is 7.99. The Kier molecular flexibility index (Phi) is 7.85. The number of nitro benzene ring substituents is 1. The summed E-state index contributed by atoms with van der Waals surface area (Å²) in [5.74, 6) is 0. The topological polar surface area (TPSA) is 55.6 Å². The van der Waals surface area contributed by atoms with Gasteiger partial charge in [0.05, 0.1) is 16.0 Å². The van der Waals surface area contributed by atoms with E-state index < -0.39 is 0 Å². The van der Waals surface area contributed by atoms with Gasteiger partial charge in [-0.15, -0.1) is 0 Å². The zero-order valence-electron chi connectivity index (χ0n) is 12.8. The number of benzene rings is 1. The average Bonchev–Trinajstić information content (AvgIpc) is 2.47. The van der Waals surface area contributed by atoms with Gasteiger partial charge in [-0.2, -0.15) is 0 Å². The van der Waals surface area contributed by atoms with Gasteiger partial charge in [-0.25, -0.2) is 0 Å². The van der Waals surface area contributed by atoms with E-state index in [2.05, 4.69) is 34.7 Å². The lowest BCUT2D eigenvalue weighted by Crippen LogP contribution is -2.36. The maximum absolute atomic E-state index is 11.0. The van der Waals surface area contributed by atoms with E-state index in [1.165, 1.54) is 6.07 Å². The first kappa shape index (κ1) is 18.1. The summed E-state index contributed by atoms with van der Waals surface area (Å²) >= 11 is 3.37. The van der Waals surface area contributed by atoms with Crippen LogP contribution < -0.4 is 0 Å². The van der Waals surface area contributed by atoms with E-state index in [9.17, 15) is 10.1 Å². The molecule has 0 aliphatic rings. The van der Waals surface area contributed by atoms with E-state index in [0.29, 0.717) is 23.7 Å². The molecule has 0 amide bonds. The Labute approximate surface area is 134 Å². The van der Waals surface area contributed by atoms with Crippen LogP contribution in [0.1, 0.15) is 32.3 Å². The number of ether oxygens (including phenoxy) is 1. The highest BCUT2D eigenvalue weighted by molar-refractivity contribution is 9.10. The molecule has 5 nitrogen and oxygen atoms in total. The van der Waals surface area contributed by atoms with E-state index in [4.69, 9.17) is 4.74 Å². The van der Waals surface area contributed by atoms with Crippen LogP contribution in [0.15, 0.2) is 22.7 Å². The molecule has 1 aromatic rings. The molecule has 0 heterocycles. The third-order valence-electron chi connectivity index (χ3n) is 3.67. The highest BCUT2D eigenvalue weighted by Crippen LogP contribution is 2.29. The highest BCUT2D eigenvalue weighted by Gasteiger charge is 2.20. The zero-order valence-corrected chi connectivity index (χ0v) is 14.4. The molecule has 0 spiro atoms. The molecule has 0 saturated carbocycles. The van der Waals surface area contributed by atoms with Crippen LogP contribution in [0.3, 0.4) is 0 Å². The van der Waals surface area contributed by atoms with Crippen LogP contribution in [0.4, 0.5) is 5.69 Å². The van der Waals surface area contributed by atoms with Crippen molar-refractivity contribution in [2.24, 2.45) is 0 Å². The average molecular weight is 359 g/mol. The van der Waals surface area contributed by atoms with Crippen molar-refractivity contribution in [2.45, 2.75) is 39.3 Å². The summed E-state index contributed by atoms with van der Waals surface area (Å²) in [6, 6.07) is 5.63. The minimum atomic E-state index is -0.357. The summed E-state index contributed by atoms with van der Waals surface area (Å²) in [7, 11) is 1.69. The van der Waals surface area contributed by atoms with Crippen LogP contribution in [-0.2, 0) is 11.3 Å². The van der Waals surface area contributed by atoms with Crippen molar-refractivity contribution in [1.29, 1.82) is 0 Å². The van der Waals surface area contributed by atoms with Crippen molar-refractivity contribution < 1.29 is 9.66 Å². The van der Waals surface area contributed by atoms with Gasteiger partial charge in [-0.1, -0.05) is 26.0 Å². The van der Waals surface area contributed by atoms with Crippen molar-refractivity contribution in [3.05, 3.63) is 38.3 Å². The van der Waals surface area contributed by atoms with Crippen molar-refractivity contribution in [3.8, 4) is 0 Å². The van der Waals surface area contributed by atoms with E-state index in [1.807, 2.05) is 6.07 Å². The Morgan fingerprint density at radius 2 is 2.05 bits per heavy atom. The third-order valence-corrected chi connectivity index (χ3v) is 4.59. The van der Waals surface area contributed by atoms with Gasteiger partial charge in [-0.3, -0.25) is 15.0 Å². The number of hydrogen-bond donors (Lipinski definition) is 0. The monoisotopic (exact) mass is 358 g/mol. The van der Waals surface area contributed by atoms with Gasteiger partial charge in [0.15, 0.2) is 0 Å². The summed E-state index contributed by atoms with van der Waals surface area (Å²) in [5.41, 5.74) is 1.05. The van der Waals surface area contributed by atoms with Crippen LogP contribution >= 0.6 is 15.9 Å². The second-order valence-electron chi connectivity index (χ2n) is 4.94. The van der Waals surface area contributed by atoms with Gasteiger partial charge in [0.25, 0.3) is 5.69 Å². The molecule has 0 aliphatic carbocycles. The van der Waals surface area contributed by atoms with E-state index in [-0.39, 0.29) is 10.6 Å². The van der Waals surface area contributed by atoms with Gasteiger partial charge in [0, 0.05) is 32.3 Å². The first-order valence-electron chi connectivity index (χ1n) is 7.19. The predicted octanol–water partition coefficient (Wildman–Crippen LogP) is 3.99. The zero-order chi connectivity index (χ0) is 15.8. The maximum Gasteiger partial charge on any atom is 0.283 e. The second kappa shape index (κ2) is 9.12. The first-order chi connectivity index (χ1) is 10.0. The number of hydrogen-bond acceptors (Lipinski definition) is 4. The number of nitro groups is 1. The van der Waals surface area contributed by atoms with Crippen molar-refractivity contribution in [2.75, 3.05) is 20.3 Å². The van der Waals surface area contributed by atoms with Crippen LogP contribution in [0.2, 0.25) is 0 Å². The fraction of sp³-hybridized carbons (Fsp3) is 0.600. The summed E-state index contributed by atoms with van der Waals surface area (Å²) in [6.45, 7) is 6.48. The fourth-order valence-corrected chi connectivity index (χ4v) is 2.99. The smallest absolute Gasteiger partial charge is 0.283 e. The van der Waals surface area contributed by atoms with E-state index >= 15 is 0 Å². The molecule has 0 bridgehead atoms. The standard InChI is InChI=1S/C15H23BrN2O3/c1-4-13(5-2)17(9-10-21-3)11-12-7-6-8-14(15(12)16)18(19)20/h6-8,13H,4-5,9-11H2,1-3H3. The Morgan fingerprint density at radius 3 is 2.57 bits per heavy atom. The van der Waals surface area contributed by atoms with Crippen LogP contribution in [0.5, 0.6) is 0 Å². The Balaban J connectivity index is 2.97. The minimum absolute atomic E-state index is 0.115. The summed E-state index contributed by atoms with van der Waals surface area (Å²) < 4.78 is 5.75. The molecule has 0 unspecified atom stereocenters. The predicted molar refractivity (Wildman–Crippen MR) is 87.5 cm³/mol. The number of methoxy groups -OCH3 is 1. The van der Waals surface area contributed by atoms with Crippen LogP contribution in [0.25, 0.3) is 0 Å². The molecule has 0 N–H and O–H groups in total. The van der Waals surface area contributed by atoms with Crippen molar-refractivity contribution in [1.82, 2.24) is 4.90 Å². The summed E-state index contributed by atoms with van der Waals surface area (Å²) in [4.78, 5) is 13.0. The SMILES string of the molecule is CCC(CC)N(CCOC)Cc1cccc([N+](=O)[O-])c1Br. The normalized spacial score (nSPS) is 11.3. The molecule has 0 aliphatic heterocycles. The van der Waals surface area contributed by atoms with E-state index in [0.717, 1.165) is 24.9 Å². The summed E-state index contributed by atoms with van der Waals surface area (Å²) in [5, 5.41) is 11.0. The largest absolute Gasteiger partial charge is 0.383 e. The molecule has 0 fully saturated rings. The van der Waals surface area contributed by atoms with Crippen molar-refractivity contribution >= 4 is 21.6 Å². The number of rotatable bonds is 9. The Bertz CT molecular complexity index is 464. The van der Waals surface area contributed by atoms with Gasteiger partial charge in [0.2, 0.25) is 0 Å². The molecule has 6 heteroatoms. The Hall–Kier alpha value is -0.980. The summed E-state index contributed by atoms with van der Waals surface area (Å²) in [6.07, 6.45) is 2.10. The molecule has 0 aromatic heterocycles. The van der Waals surface area contributed by atoms with Crippen LogP contribution in [0, 0.1) is 10.1 Å². The van der Waals surface area contributed by atoms with Gasteiger partial charge in [0.1, 0.15) is 0 Å². The second-order valence-corrected chi connectivity index (χ2v) is 5.73. The third kappa shape index (κ3) is 5.05. The molecule has 21 heavy (non-hydrogen) atoms. The fourth-order valence-electron chi connectivity index (χ4n) is 2.45. The maximum atomic E-state index is 11.0. The van der Waals surface area contributed by atoms with Gasteiger partial charge >= 0.3 is 0 Å². The molecule has 0 atom stereocenters. The highest BCUT2D eigenvalue weighted by atomic mass is 79.9. The van der Waals surface area contributed by atoms with E-state index in [1.54, 1.807) is 13.2 Å². The van der Waals surface area contributed by atoms with Crippen LogP contribution in [-0.4, -0.2) is 36.1 Å². The molecule has 1 aromatic carbocycles. The molecule has 1 rings (SSSR count).